The standard InChI is InChI=1S/C16H26N2O2S/c19-15(17-8-16(20)1-2-21-9-16)18-14-12-4-10-3-11(6-12)7-13(14)5-10/h10-14,20H,1-9H2,(H2,17,18,19). The molecule has 1 aliphatic heterocycles. The van der Waals surface area contributed by atoms with Gasteiger partial charge in [0.05, 0.1) is 5.60 Å². The molecule has 0 spiro atoms. The molecule has 5 aliphatic rings. The summed E-state index contributed by atoms with van der Waals surface area (Å²) in [5.41, 5.74) is -0.688. The lowest BCUT2D eigenvalue weighted by molar-refractivity contribution is -0.00976. The molecule has 0 radical (unpaired) electrons. The maximum Gasteiger partial charge on any atom is 0.315 e. The van der Waals surface area contributed by atoms with Gasteiger partial charge in [0, 0.05) is 18.3 Å². The Hall–Kier alpha value is -0.420. The first-order valence-corrected chi connectivity index (χ1v) is 9.61. The molecule has 118 valence electrons. The van der Waals surface area contributed by atoms with Crippen molar-refractivity contribution in [2.75, 3.05) is 18.1 Å². The number of carbonyl (C=O) groups is 1. The third-order valence-corrected chi connectivity index (χ3v) is 7.42. The van der Waals surface area contributed by atoms with E-state index < -0.39 is 5.60 Å². The van der Waals surface area contributed by atoms with E-state index in [0.717, 1.165) is 29.8 Å². The Kier molecular flexibility index (Phi) is 3.61. The zero-order chi connectivity index (χ0) is 14.4. The lowest BCUT2D eigenvalue weighted by Crippen LogP contribution is -2.58. The predicted molar refractivity (Wildman–Crippen MR) is 84.3 cm³/mol. The lowest BCUT2D eigenvalue weighted by Gasteiger charge is -2.54. The molecule has 5 heteroatoms. The Morgan fingerprint density at radius 2 is 1.81 bits per heavy atom. The Labute approximate surface area is 130 Å². The molecule has 2 amide bonds. The van der Waals surface area contributed by atoms with Crippen molar-refractivity contribution in [2.24, 2.45) is 23.7 Å². The zero-order valence-electron chi connectivity index (χ0n) is 12.5. The number of aliphatic hydroxyl groups is 1. The summed E-state index contributed by atoms with van der Waals surface area (Å²) in [5, 5.41) is 16.4. The summed E-state index contributed by atoms with van der Waals surface area (Å²) in [6.45, 7) is 0.388. The van der Waals surface area contributed by atoms with E-state index >= 15 is 0 Å². The van der Waals surface area contributed by atoms with Crippen LogP contribution in [0.1, 0.15) is 38.5 Å². The van der Waals surface area contributed by atoms with E-state index in [0.29, 0.717) is 24.4 Å². The highest BCUT2D eigenvalue weighted by atomic mass is 32.2. The molecule has 21 heavy (non-hydrogen) atoms. The second-order valence-corrected chi connectivity index (χ2v) is 8.92. The van der Waals surface area contributed by atoms with Crippen LogP contribution < -0.4 is 10.6 Å². The summed E-state index contributed by atoms with van der Waals surface area (Å²) >= 11 is 1.77. The number of urea groups is 1. The monoisotopic (exact) mass is 310 g/mol. The maximum atomic E-state index is 12.2. The van der Waals surface area contributed by atoms with Gasteiger partial charge >= 0.3 is 6.03 Å². The number of rotatable bonds is 3. The molecule has 1 atom stereocenters. The van der Waals surface area contributed by atoms with Crippen molar-refractivity contribution < 1.29 is 9.90 Å². The van der Waals surface area contributed by atoms with Gasteiger partial charge in [-0.2, -0.15) is 11.8 Å². The Morgan fingerprint density at radius 1 is 1.14 bits per heavy atom. The molecule has 1 heterocycles. The minimum absolute atomic E-state index is 0.0715. The van der Waals surface area contributed by atoms with Gasteiger partial charge in [-0.1, -0.05) is 0 Å². The Morgan fingerprint density at radius 3 is 2.38 bits per heavy atom. The van der Waals surface area contributed by atoms with E-state index in [4.69, 9.17) is 0 Å². The molecule has 4 bridgehead atoms. The van der Waals surface area contributed by atoms with Crippen molar-refractivity contribution in [1.82, 2.24) is 10.6 Å². The fourth-order valence-corrected chi connectivity index (χ4v) is 6.64. The van der Waals surface area contributed by atoms with Crippen LogP contribution in [0, 0.1) is 23.7 Å². The molecule has 0 aromatic heterocycles. The highest BCUT2D eigenvalue weighted by Gasteiger charge is 2.48. The highest BCUT2D eigenvalue weighted by Crippen LogP contribution is 2.53. The largest absolute Gasteiger partial charge is 0.387 e. The number of amides is 2. The molecule has 5 rings (SSSR count). The fraction of sp³-hybridized carbons (Fsp3) is 0.938. The van der Waals surface area contributed by atoms with Crippen LogP contribution >= 0.6 is 11.8 Å². The van der Waals surface area contributed by atoms with Gasteiger partial charge in [-0.05, 0) is 67.9 Å². The molecule has 0 aromatic rings. The predicted octanol–water partition coefficient (Wildman–Crippen LogP) is 1.98. The number of nitrogens with one attached hydrogen (secondary N) is 2. The average molecular weight is 310 g/mol. The SMILES string of the molecule is O=C(NCC1(O)CCSC1)NC1C2CC3CC(C2)CC1C3. The van der Waals surface area contributed by atoms with Crippen LogP contribution in [0.4, 0.5) is 4.79 Å². The third kappa shape index (κ3) is 2.79. The molecular formula is C16H26N2O2S. The van der Waals surface area contributed by atoms with Gasteiger partial charge < -0.3 is 15.7 Å². The molecule has 1 unspecified atom stereocenters. The molecule has 0 aromatic carbocycles. The number of thioether (sulfide) groups is 1. The zero-order valence-corrected chi connectivity index (χ0v) is 13.3. The summed E-state index contributed by atoms with van der Waals surface area (Å²) < 4.78 is 0. The average Bonchev–Trinajstić information content (AvgIpc) is 2.87. The fourth-order valence-electron chi connectivity index (χ4n) is 5.34. The van der Waals surface area contributed by atoms with Crippen LogP contribution in [-0.2, 0) is 0 Å². The second kappa shape index (κ2) is 5.34. The minimum atomic E-state index is -0.688. The van der Waals surface area contributed by atoms with Crippen LogP contribution in [0.15, 0.2) is 0 Å². The molecule has 4 aliphatic carbocycles. The number of hydrogen-bond acceptors (Lipinski definition) is 3. The van der Waals surface area contributed by atoms with Crippen molar-refractivity contribution in [2.45, 2.75) is 50.2 Å². The highest BCUT2D eigenvalue weighted by molar-refractivity contribution is 7.99. The maximum absolute atomic E-state index is 12.2. The first kappa shape index (κ1) is 14.2. The smallest absolute Gasteiger partial charge is 0.315 e. The molecule has 4 saturated carbocycles. The molecule has 4 nitrogen and oxygen atoms in total. The quantitative estimate of drug-likeness (QED) is 0.747. The number of hydrogen-bond donors (Lipinski definition) is 3. The van der Waals surface area contributed by atoms with Gasteiger partial charge in [-0.15, -0.1) is 0 Å². The van der Waals surface area contributed by atoms with Crippen molar-refractivity contribution in [1.29, 1.82) is 0 Å². The second-order valence-electron chi connectivity index (χ2n) is 7.81. The summed E-state index contributed by atoms with van der Waals surface area (Å²) in [4.78, 5) is 12.2. The van der Waals surface area contributed by atoms with Crippen LogP contribution in [0.3, 0.4) is 0 Å². The number of carbonyl (C=O) groups excluding carboxylic acids is 1. The molecule has 1 saturated heterocycles. The normalized spacial score (nSPS) is 47.6. The van der Waals surface area contributed by atoms with Crippen molar-refractivity contribution in [3.05, 3.63) is 0 Å². The van der Waals surface area contributed by atoms with E-state index in [1.807, 2.05) is 0 Å². The van der Waals surface area contributed by atoms with Crippen molar-refractivity contribution in [3.63, 3.8) is 0 Å². The van der Waals surface area contributed by atoms with Crippen molar-refractivity contribution in [3.8, 4) is 0 Å². The van der Waals surface area contributed by atoms with Crippen LogP contribution in [0.5, 0.6) is 0 Å². The van der Waals surface area contributed by atoms with E-state index in [-0.39, 0.29) is 6.03 Å². The van der Waals surface area contributed by atoms with Gasteiger partial charge in [-0.25, -0.2) is 4.79 Å². The third-order valence-electron chi connectivity index (χ3n) is 6.18. The lowest BCUT2D eigenvalue weighted by atomic mass is 9.54. The summed E-state index contributed by atoms with van der Waals surface area (Å²) in [6.07, 6.45) is 7.50. The van der Waals surface area contributed by atoms with Crippen LogP contribution in [0.25, 0.3) is 0 Å². The van der Waals surface area contributed by atoms with Gasteiger partial charge in [0.25, 0.3) is 0 Å². The first-order valence-electron chi connectivity index (χ1n) is 8.46. The summed E-state index contributed by atoms with van der Waals surface area (Å²) in [6, 6.07) is 0.309. The van der Waals surface area contributed by atoms with Gasteiger partial charge in [-0.3, -0.25) is 0 Å². The van der Waals surface area contributed by atoms with Crippen LogP contribution in [-0.4, -0.2) is 40.8 Å². The van der Waals surface area contributed by atoms with E-state index in [2.05, 4.69) is 10.6 Å². The summed E-state index contributed by atoms with van der Waals surface area (Å²) in [7, 11) is 0. The molecule has 5 fully saturated rings. The van der Waals surface area contributed by atoms with E-state index in [9.17, 15) is 9.90 Å². The van der Waals surface area contributed by atoms with Crippen LogP contribution in [0.2, 0.25) is 0 Å². The summed E-state index contributed by atoms with van der Waals surface area (Å²) in [5.74, 6) is 5.02. The molecular weight excluding hydrogens is 284 g/mol. The van der Waals surface area contributed by atoms with Crippen molar-refractivity contribution >= 4 is 17.8 Å². The van der Waals surface area contributed by atoms with E-state index in [1.54, 1.807) is 11.8 Å². The minimum Gasteiger partial charge on any atom is -0.387 e. The van der Waals surface area contributed by atoms with E-state index in [1.165, 1.54) is 32.1 Å². The van der Waals surface area contributed by atoms with Gasteiger partial charge in [0.1, 0.15) is 0 Å². The van der Waals surface area contributed by atoms with Gasteiger partial charge in [0.2, 0.25) is 0 Å². The first-order chi connectivity index (χ1) is 10.1. The Balaban J connectivity index is 1.30. The molecule has 3 N–H and O–H groups in total. The van der Waals surface area contributed by atoms with Gasteiger partial charge in [0.15, 0.2) is 0 Å². The topological polar surface area (TPSA) is 61.4 Å². The Bertz CT molecular complexity index is 395.